The topological polar surface area (TPSA) is 37.8 Å². The van der Waals surface area contributed by atoms with E-state index in [-0.39, 0.29) is 6.04 Å². The van der Waals surface area contributed by atoms with Gasteiger partial charge in [0, 0.05) is 10.4 Å². The molecule has 0 aliphatic rings. The van der Waals surface area contributed by atoms with E-state index in [1.54, 1.807) is 0 Å². The monoisotopic (exact) mass is 253 g/mol. The van der Waals surface area contributed by atoms with Gasteiger partial charge in [-0.3, -0.25) is 0 Å². The van der Waals surface area contributed by atoms with Gasteiger partial charge in [0.25, 0.3) is 0 Å². The van der Waals surface area contributed by atoms with Crippen LogP contribution in [0.3, 0.4) is 0 Å². The summed E-state index contributed by atoms with van der Waals surface area (Å²) < 4.78 is 3.87. The molecular weight excluding hydrogens is 242 g/mol. The van der Waals surface area contributed by atoms with Crippen LogP contribution >= 0.6 is 23.1 Å². The molecule has 2 aromatic rings. The highest BCUT2D eigenvalue weighted by molar-refractivity contribution is 7.03. The fourth-order valence-electron chi connectivity index (χ4n) is 1.56. The second-order valence-electron chi connectivity index (χ2n) is 3.47. The lowest BCUT2D eigenvalue weighted by Gasteiger charge is -2.13. The SMILES string of the molecule is CNC(Cc1ccccc1Cl)c1csnn1. The van der Waals surface area contributed by atoms with E-state index < -0.39 is 0 Å². The fraction of sp³-hybridized carbons (Fsp3) is 0.273. The van der Waals surface area contributed by atoms with Crippen molar-refractivity contribution in [2.75, 3.05) is 7.05 Å². The van der Waals surface area contributed by atoms with Crippen molar-refractivity contribution in [2.24, 2.45) is 0 Å². The van der Waals surface area contributed by atoms with Gasteiger partial charge in [0.15, 0.2) is 0 Å². The van der Waals surface area contributed by atoms with Crippen molar-refractivity contribution >= 4 is 23.1 Å². The first-order valence-corrected chi connectivity index (χ1v) is 6.20. The van der Waals surface area contributed by atoms with Crippen LogP contribution in [0.25, 0.3) is 0 Å². The summed E-state index contributed by atoms with van der Waals surface area (Å²) in [6, 6.07) is 8.03. The summed E-state index contributed by atoms with van der Waals surface area (Å²) in [6.07, 6.45) is 0.821. The van der Waals surface area contributed by atoms with Gasteiger partial charge in [0.2, 0.25) is 0 Å². The average molecular weight is 254 g/mol. The standard InChI is InChI=1S/C11H12ClN3S/c1-13-10(11-7-16-15-14-11)6-8-4-2-3-5-9(8)12/h2-5,7,10,13H,6H2,1H3. The van der Waals surface area contributed by atoms with E-state index in [0.717, 1.165) is 22.7 Å². The number of nitrogens with zero attached hydrogens (tertiary/aromatic N) is 2. The largest absolute Gasteiger partial charge is 0.311 e. The van der Waals surface area contributed by atoms with Gasteiger partial charge in [-0.25, -0.2) is 0 Å². The van der Waals surface area contributed by atoms with Gasteiger partial charge in [-0.1, -0.05) is 34.3 Å². The highest BCUT2D eigenvalue weighted by Gasteiger charge is 2.14. The maximum Gasteiger partial charge on any atom is 0.0928 e. The van der Waals surface area contributed by atoms with Crippen molar-refractivity contribution in [3.8, 4) is 0 Å². The Bertz CT molecular complexity index is 444. The molecule has 1 heterocycles. The lowest BCUT2D eigenvalue weighted by molar-refractivity contribution is 0.574. The first-order chi connectivity index (χ1) is 7.81. The maximum absolute atomic E-state index is 6.13. The van der Waals surface area contributed by atoms with Crippen molar-refractivity contribution in [2.45, 2.75) is 12.5 Å². The molecule has 1 atom stereocenters. The van der Waals surface area contributed by atoms with Crippen LogP contribution in [0, 0.1) is 0 Å². The number of hydrogen-bond donors (Lipinski definition) is 1. The van der Waals surface area contributed by atoms with Crippen LogP contribution in [0.15, 0.2) is 29.6 Å². The zero-order valence-corrected chi connectivity index (χ0v) is 10.4. The molecule has 0 saturated carbocycles. The summed E-state index contributed by atoms with van der Waals surface area (Å²) in [6.45, 7) is 0. The van der Waals surface area contributed by atoms with Crippen molar-refractivity contribution in [1.29, 1.82) is 0 Å². The number of halogens is 1. The summed E-state index contributed by atoms with van der Waals surface area (Å²) >= 11 is 7.49. The average Bonchev–Trinajstić information content (AvgIpc) is 2.81. The first-order valence-electron chi connectivity index (χ1n) is 4.99. The van der Waals surface area contributed by atoms with Gasteiger partial charge in [-0.2, -0.15) is 0 Å². The molecule has 0 spiro atoms. The Morgan fingerprint density at radius 3 is 2.88 bits per heavy atom. The molecule has 16 heavy (non-hydrogen) atoms. The van der Waals surface area contributed by atoms with E-state index in [0.29, 0.717) is 0 Å². The van der Waals surface area contributed by atoms with Crippen LogP contribution in [0.2, 0.25) is 5.02 Å². The predicted octanol–water partition coefficient (Wildman–Crippen LogP) is 2.69. The molecule has 0 amide bonds. The Morgan fingerprint density at radius 1 is 1.44 bits per heavy atom. The third-order valence-electron chi connectivity index (χ3n) is 2.46. The third kappa shape index (κ3) is 2.58. The Hall–Kier alpha value is -0.970. The van der Waals surface area contributed by atoms with Crippen LogP contribution in [0.1, 0.15) is 17.3 Å². The summed E-state index contributed by atoms with van der Waals surface area (Å²) in [5.74, 6) is 0. The number of benzene rings is 1. The van der Waals surface area contributed by atoms with E-state index in [1.165, 1.54) is 11.5 Å². The molecule has 0 aliphatic heterocycles. The highest BCUT2D eigenvalue weighted by Crippen LogP contribution is 2.22. The molecule has 5 heteroatoms. The minimum absolute atomic E-state index is 0.165. The lowest BCUT2D eigenvalue weighted by atomic mass is 10.0. The first kappa shape index (κ1) is 11.5. The second-order valence-corrected chi connectivity index (χ2v) is 4.48. The normalized spacial score (nSPS) is 12.6. The van der Waals surface area contributed by atoms with E-state index >= 15 is 0 Å². The van der Waals surface area contributed by atoms with Gasteiger partial charge in [-0.15, -0.1) is 5.10 Å². The fourth-order valence-corrected chi connectivity index (χ4v) is 2.28. The molecule has 1 N–H and O–H groups in total. The van der Waals surface area contributed by atoms with Crippen LogP contribution < -0.4 is 5.32 Å². The zero-order chi connectivity index (χ0) is 11.4. The smallest absolute Gasteiger partial charge is 0.0928 e. The summed E-state index contributed by atoms with van der Waals surface area (Å²) in [5, 5.41) is 10.1. The predicted molar refractivity (Wildman–Crippen MR) is 66.9 cm³/mol. The van der Waals surface area contributed by atoms with E-state index in [1.807, 2.05) is 36.7 Å². The zero-order valence-electron chi connectivity index (χ0n) is 8.85. The minimum Gasteiger partial charge on any atom is -0.311 e. The molecule has 3 nitrogen and oxygen atoms in total. The van der Waals surface area contributed by atoms with Crippen LogP contribution in [0.5, 0.6) is 0 Å². The molecule has 84 valence electrons. The summed E-state index contributed by atoms with van der Waals surface area (Å²) in [7, 11) is 1.92. The van der Waals surface area contributed by atoms with Crippen LogP contribution in [-0.2, 0) is 6.42 Å². The minimum atomic E-state index is 0.165. The van der Waals surface area contributed by atoms with E-state index in [4.69, 9.17) is 11.6 Å². The van der Waals surface area contributed by atoms with Gasteiger partial charge in [0.1, 0.15) is 0 Å². The molecule has 1 aromatic carbocycles. The third-order valence-corrected chi connectivity index (χ3v) is 3.36. The molecular formula is C11H12ClN3S. The molecule has 1 aromatic heterocycles. The Balaban J connectivity index is 2.17. The number of nitrogens with one attached hydrogen (secondary N) is 1. The van der Waals surface area contributed by atoms with Crippen molar-refractivity contribution in [3.05, 3.63) is 45.9 Å². The highest BCUT2D eigenvalue weighted by atomic mass is 35.5. The quantitative estimate of drug-likeness (QED) is 0.911. The van der Waals surface area contributed by atoms with Gasteiger partial charge >= 0.3 is 0 Å². The summed E-state index contributed by atoms with van der Waals surface area (Å²) in [5.41, 5.74) is 2.09. The van der Waals surface area contributed by atoms with E-state index in [9.17, 15) is 0 Å². The number of hydrogen-bond acceptors (Lipinski definition) is 4. The van der Waals surface area contributed by atoms with Crippen molar-refractivity contribution < 1.29 is 0 Å². The molecule has 0 aliphatic carbocycles. The Morgan fingerprint density at radius 2 is 2.25 bits per heavy atom. The van der Waals surface area contributed by atoms with Gasteiger partial charge in [0.05, 0.1) is 11.7 Å². The van der Waals surface area contributed by atoms with Crippen molar-refractivity contribution in [3.63, 3.8) is 0 Å². The summed E-state index contributed by atoms with van der Waals surface area (Å²) in [4.78, 5) is 0. The maximum atomic E-state index is 6.13. The molecule has 0 bridgehead atoms. The Labute approximate surface area is 104 Å². The molecule has 0 radical (unpaired) electrons. The van der Waals surface area contributed by atoms with Gasteiger partial charge < -0.3 is 5.32 Å². The molecule has 2 rings (SSSR count). The number of aromatic nitrogens is 2. The van der Waals surface area contributed by atoms with Crippen LogP contribution in [0.4, 0.5) is 0 Å². The van der Waals surface area contributed by atoms with Crippen LogP contribution in [-0.4, -0.2) is 16.6 Å². The number of rotatable bonds is 4. The lowest BCUT2D eigenvalue weighted by Crippen LogP contribution is -2.19. The van der Waals surface area contributed by atoms with E-state index in [2.05, 4.69) is 14.9 Å². The molecule has 0 fully saturated rings. The Kier molecular flexibility index (Phi) is 3.88. The van der Waals surface area contributed by atoms with Crippen molar-refractivity contribution in [1.82, 2.24) is 14.9 Å². The molecule has 0 saturated heterocycles. The second kappa shape index (κ2) is 5.39. The van der Waals surface area contributed by atoms with Gasteiger partial charge in [-0.05, 0) is 36.6 Å². The molecule has 1 unspecified atom stereocenters. The number of likely N-dealkylation sites (N-methyl/N-ethyl adjacent to an activating group) is 1.